The summed E-state index contributed by atoms with van der Waals surface area (Å²) in [5, 5.41) is 30.3. The highest BCUT2D eigenvalue weighted by Gasteiger charge is 1.81. The van der Waals surface area contributed by atoms with Crippen molar-refractivity contribution in [3.8, 4) is 0 Å². The van der Waals surface area contributed by atoms with E-state index in [0.29, 0.717) is 0 Å². The summed E-state index contributed by atoms with van der Waals surface area (Å²) in [6, 6.07) is 0. The van der Waals surface area contributed by atoms with Crippen LogP contribution in [0.3, 0.4) is 0 Å². The molecule has 0 amide bonds. The van der Waals surface area contributed by atoms with Crippen LogP contribution < -0.4 is 11.5 Å². The van der Waals surface area contributed by atoms with Gasteiger partial charge in [0, 0.05) is 27.3 Å². The molecule has 0 aliphatic rings. The van der Waals surface area contributed by atoms with Gasteiger partial charge in [-0.1, -0.05) is 0 Å². The number of nitrogens with two attached hydrogens (primary N) is 2. The summed E-state index contributed by atoms with van der Waals surface area (Å²) < 4.78 is 0. The third-order valence-corrected chi connectivity index (χ3v) is 0.241. The number of rotatable bonds is 1. The van der Waals surface area contributed by atoms with Crippen LogP contribution in [0.15, 0.2) is 0 Å². The zero-order valence-corrected chi connectivity index (χ0v) is 9.95. The van der Waals surface area contributed by atoms with E-state index in [1.165, 1.54) is 0 Å². The van der Waals surface area contributed by atoms with Gasteiger partial charge in [-0.3, -0.25) is 14.4 Å². The van der Waals surface area contributed by atoms with Gasteiger partial charge in [-0.2, -0.15) is 0 Å². The van der Waals surface area contributed by atoms with Crippen molar-refractivity contribution < 1.29 is 34.8 Å². The lowest BCUT2D eigenvalue weighted by atomic mass is 10.6. The Hall–Kier alpha value is -1.71. The molecule has 0 aromatic heterocycles. The van der Waals surface area contributed by atoms with Crippen LogP contribution in [0.2, 0.25) is 0 Å². The van der Waals surface area contributed by atoms with E-state index in [-0.39, 0.29) is 6.54 Å². The SMILES string of the molecule is CC(=O)O.CC(=O)O.CC(=O)O.NCC(N)O. The third-order valence-electron chi connectivity index (χ3n) is 0.241. The van der Waals surface area contributed by atoms with Crippen LogP contribution in [-0.4, -0.2) is 51.1 Å². The molecule has 8 N–H and O–H groups in total. The maximum atomic E-state index is 9.00. The van der Waals surface area contributed by atoms with Crippen molar-refractivity contribution in [2.45, 2.75) is 27.0 Å². The standard InChI is InChI=1S/C2H8N2O.3C2H4O2/c3-1-2(4)5;3*1-2(3)4/h2,5H,1,3-4H2;3*1H3,(H,3,4). The fraction of sp³-hybridized carbons (Fsp3) is 0.625. The molecule has 0 aromatic rings. The Morgan fingerprint density at radius 2 is 1.00 bits per heavy atom. The van der Waals surface area contributed by atoms with Gasteiger partial charge in [-0.05, 0) is 0 Å². The zero-order valence-electron chi connectivity index (χ0n) is 9.95. The van der Waals surface area contributed by atoms with E-state index in [2.05, 4.69) is 0 Å². The van der Waals surface area contributed by atoms with Gasteiger partial charge in [0.25, 0.3) is 17.9 Å². The molecule has 1 unspecified atom stereocenters. The van der Waals surface area contributed by atoms with E-state index in [0.717, 1.165) is 20.8 Å². The fourth-order valence-electron chi connectivity index (χ4n) is 0. The number of carbonyl (C=O) groups is 3. The Kier molecular flexibility index (Phi) is 28.5. The minimum absolute atomic E-state index is 0.139. The Balaban J connectivity index is -0.0000000667. The van der Waals surface area contributed by atoms with Crippen LogP contribution in [0.5, 0.6) is 0 Å². The molecule has 0 bridgehead atoms. The van der Waals surface area contributed by atoms with Crippen molar-refractivity contribution in [3.63, 3.8) is 0 Å². The summed E-state index contributed by atoms with van der Waals surface area (Å²) in [4.78, 5) is 27.0. The summed E-state index contributed by atoms with van der Waals surface area (Å²) in [6.07, 6.45) is -0.838. The highest BCUT2D eigenvalue weighted by atomic mass is 16.4. The van der Waals surface area contributed by atoms with Gasteiger partial charge in [0.2, 0.25) is 0 Å². The lowest BCUT2D eigenvalue weighted by Crippen LogP contribution is -2.28. The fourth-order valence-corrected chi connectivity index (χ4v) is 0. The van der Waals surface area contributed by atoms with Crippen LogP contribution in [-0.2, 0) is 14.4 Å². The van der Waals surface area contributed by atoms with Gasteiger partial charge in [0.15, 0.2) is 0 Å². The van der Waals surface area contributed by atoms with Crippen molar-refractivity contribution in [2.75, 3.05) is 6.54 Å². The van der Waals surface area contributed by atoms with Gasteiger partial charge in [0.05, 0.1) is 0 Å². The molecule has 0 aliphatic carbocycles. The molecule has 0 heterocycles. The molecule has 0 saturated heterocycles. The summed E-state index contributed by atoms with van der Waals surface area (Å²) in [7, 11) is 0. The summed E-state index contributed by atoms with van der Waals surface area (Å²) in [5.74, 6) is -2.50. The Bertz CT molecular complexity index is 166. The molecular weight excluding hydrogens is 236 g/mol. The van der Waals surface area contributed by atoms with E-state index >= 15 is 0 Å². The molecule has 1 atom stereocenters. The number of hydrogen-bond donors (Lipinski definition) is 6. The smallest absolute Gasteiger partial charge is 0.300 e. The topological polar surface area (TPSA) is 184 Å². The molecule has 9 heteroatoms. The normalized spacial score (nSPS) is 8.82. The largest absolute Gasteiger partial charge is 0.481 e. The molecule has 9 nitrogen and oxygen atoms in total. The monoisotopic (exact) mass is 256 g/mol. The molecule has 0 spiro atoms. The predicted octanol–water partition coefficient (Wildman–Crippen LogP) is -1.51. The minimum Gasteiger partial charge on any atom is -0.481 e. The second-order valence-electron chi connectivity index (χ2n) is 2.36. The van der Waals surface area contributed by atoms with Gasteiger partial charge < -0.3 is 31.9 Å². The molecule has 0 fully saturated rings. The first-order valence-electron chi connectivity index (χ1n) is 4.19. The molecule has 0 aliphatic heterocycles. The molecule has 17 heavy (non-hydrogen) atoms. The van der Waals surface area contributed by atoms with Gasteiger partial charge in [-0.15, -0.1) is 0 Å². The molecule has 0 radical (unpaired) electrons. The van der Waals surface area contributed by atoms with Crippen molar-refractivity contribution in [1.82, 2.24) is 0 Å². The maximum Gasteiger partial charge on any atom is 0.300 e. The predicted molar refractivity (Wildman–Crippen MR) is 59.2 cm³/mol. The number of aliphatic hydroxyl groups excluding tert-OH is 1. The number of hydrogen-bond acceptors (Lipinski definition) is 6. The first kappa shape index (κ1) is 24.5. The average Bonchev–Trinajstić information content (AvgIpc) is 2.00. The number of aliphatic hydroxyl groups is 1. The van der Waals surface area contributed by atoms with Crippen molar-refractivity contribution in [2.24, 2.45) is 11.5 Å². The third kappa shape index (κ3) is 25700. The Morgan fingerprint density at radius 3 is 1.00 bits per heavy atom. The van der Waals surface area contributed by atoms with Crippen molar-refractivity contribution >= 4 is 17.9 Å². The second kappa shape index (κ2) is 19.8. The Morgan fingerprint density at radius 1 is 0.941 bits per heavy atom. The lowest BCUT2D eigenvalue weighted by molar-refractivity contribution is -0.135. The highest BCUT2D eigenvalue weighted by molar-refractivity contribution is 5.63. The molecule has 0 rings (SSSR count). The van der Waals surface area contributed by atoms with Crippen LogP contribution >= 0.6 is 0 Å². The molecule has 0 saturated carbocycles. The van der Waals surface area contributed by atoms with Crippen LogP contribution in [0.1, 0.15) is 20.8 Å². The van der Waals surface area contributed by atoms with Gasteiger partial charge >= 0.3 is 0 Å². The van der Waals surface area contributed by atoms with Crippen molar-refractivity contribution in [1.29, 1.82) is 0 Å². The van der Waals surface area contributed by atoms with E-state index in [4.69, 9.17) is 46.3 Å². The number of carboxylic acids is 3. The van der Waals surface area contributed by atoms with E-state index in [9.17, 15) is 0 Å². The number of carboxylic acid groups (broad SMARTS) is 3. The van der Waals surface area contributed by atoms with Gasteiger partial charge in [-0.25, -0.2) is 0 Å². The Labute approximate surface area is 98.7 Å². The first-order chi connectivity index (χ1) is 7.47. The molecule has 104 valence electrons. The van der Waals surface area contributed by atoms with E-state index in [1.54, 1.807) is 0 Å². The van der Waals surface area contributed by atoms with Gasteiger partial charge in [0.1, 0.15) is 6.23 Å². The quantitative estimate of drug-likeness (QED) is 0.303. The molecular formula is C8H20N2O7. The summed E-state index contributed by atoms with van der Waals surface area (Å²) >= 11 is 0. The van der Waals surface area contributed by atoms with Crippen LogP contribution in [0.4, 0.5) is 0 Å². The summed E-state index contributed by atoms with van der Waals surface area (Å²) in [5.41, 5.74) is 9.52. The van der Waals surface area contributed by atoms with E-state index < -0.39 is 24.1 Å². The summed E-state index contributed by atoms with van der Waals surface area (Å²) in [6.45, 7) is 3.39. The van der Waals surface area contributed by atoms with Crippen LogP contribution in [0.25, 0.3) is 0 Å². The van der Waals surface area contributed by atoms with E-state index in [1.807, 2.05) is 0 Å². The van der Waals surface area contributed by atoms with Crippen LogP contribution in [0, 0.1) is 0 Å². The first-order valence-corrected chi connectivity index (χ1v) is 4.19. The molecule has 0 aromatic carbocycles. The van der Waals surface area contributed by atoms with Crippen molar-refractivity contribution in [3.05, 3.63) is 0 Å². The highest BCUT2D eigenvalue weighted by Crippen LogP contribution is 1.51. The number of aliphatic carboxylic acids is 3. The maximum absolute atomic E-state index is 9.00. The average molecular weight is 256 g/mol. The zero-order chi connectivity index (χ0) is 15.0. The minimum atomic E-state index is -0.838. The second-order valence-corrected chi connectivity index (χ2v) is 2.36. The lowest BCUT2D eigenvalue weighted by Gasteiger charge is -1.91.